The zero-order valence-electron chi connectivity index (χ0n) is 15.6. The number of nitrogens with one attached hydrogen (secondary N) is 1. The molecule has 31 heavy (non-hydrogen) atoms. The SMILES string of the molecule is Cc1c(C(=O)Nc2ccccc2)oc2nc(Oc3ccc(OC(F)(F)F)c(Cl)c3)nn12. The first-order valence-electron chi connectivity index (χ1n) is 8.65. The van der Waals surface area contributed by atoms with Gasteiger partial charge in [0.05, 0.1) is 10.7 Å². The number of amides is 1. The number of aryl methyl sites for hydroxylation is 1. The number of hydrogen-bond donors (Lipinski definition) is 1. The van der Waals surface area contributed by atoms with Crippen molar-refractivity contribution < 1.29 is 31.9 Å². The average molecular weight is 453 g/mol. The minimum atomic E-state index is -4.87. The van der Waals surface area contributed by atoms with E-state index in [1.165, 1.54) is 10.6 Å². The number of fused-ring (bicyclic) bond motifs is 1. The van der Waals surface area contributed by atoms with Crippen molar-refractivity contribution in [1.29, 1.82) is 0 Å². The Morgan fingerprint density at radius 2 is 1.94 bits per heavy atom. The van der Waals surface area contributed by atoms with Crippen LogP contribution in [-0.2, 0) is 0 Å². The van der Waals surface area contributed by atoms with Crippen LogP contribution >= 0.6 is 11.6 Å². The van der Waals surface area contributed by atoms with E-state index >= 15 is 0 Å². The van der Waals surface area contributed by atoms with Gasteiger partial charge in [0.1, 0.15) is 11.5 Å². The van der Waals surface area contributed by atoms with E-state index in [-0.39, 0.29) is 28.4 Å². The summed E-state index contributed by atoms with van der Waals surface area (Å²) in [5, 5.41) is 6.47. The van der Waals surface area contributed by atoms with E-state index < -0.39 is 18.0 Å². The summed E-state index contributed by atoms with van der Waals surface area (Å²) in [7, 11) is 0. The van der Waals surface area contributed by atoms with Gasteiger partial charge in [0.25, 0.3) is 5.91 Å². The van der Waals surface area contributed by atoms with Gasteiger partial charge in [-0.15, -0.1) is 23.3 Å². The molecule has 0 aliphatic heterocycles. The highest BCUT2D eigenvalue weighted by Crippen LogP contribution is 2.34. The highest BCUT2D eigenvalue weighted by molar-refractivity contribution is 6.32. The summed E-state index contributed by atoms with van der Waals surface area (Å²) >= 11 is 5.79. The van der Waals surface area contributed by atoms with Gasteiger partial charge in [-0.2, -0.15) is 4.52 Å². The molecule has 0 atom stereocenters. The molecular formula is C19H12ClF3N4O4. The Bertz CT molecular complexity index is 1250. The molecule has 0 aliphatic carbocycles. The fraction of sp³-hybridized carbons (Fsp3) is 0.105. The fourth-order valence-electron chi connectivity index (χ4n) is 2.65. The van der Waals surface area contributed by atoms with Gasteiger partial charge in [-0.25, -0.2) is 0 Å². The first-order chi connectivity index (χ1) is 14.7. The summed E-state index contributed by atoms with van der Waals surface area (Å²) in [5.74, 6) is -0.966. The summed E-state index contributed by atoms with van der Waals surface area (Å²) in [4.78, 5) is 16.5. The van der Waals surface area contributed by atoms with Crippen LogP contribution in [0, 0.1) is 6.92 Å². The molecule has 0 unspecified atom stereocenters. The van der Waals surface area contributed by atoms with Gasteiger partial charge in [-0.3, -0.25) is 4.79 Å². The van der Waals surface area contributed by atoms with E-state index in [1.807, 2.05) is 6.07 Å². The number of benzene rings is 2. The van der Waals surface area contributed by atoms with Crippen LogP contribution in [0.5, 0.6) is 17.5 Å². The van der Waals surface area contributed by atoms with Gasteiger partial charge in [0.15, 0.2) is 0 Å². The third-order valence-electron chi connectivity index (χ3n) is 3.97. The zero-order chi connectivity index (χ0) is 22.2. The number of anilines is 1. The second-order valence-corrected chi connectivity index (χ2v) is 6.57. The van der Waals surface area contributed by atoms with Crippen molar-refractivity contribution in [3.63, 3.8) is 0 Å². The van der Waals surface area contributed by atoms with Crippen molar-refractivity contribution >= 4 is 29.0 Å². The van der Waals surface area contributed by atoms with E-state index in [0.29, 0.717) is 11.4 Å². The number of rotatable bonds is 5. The molecule has 4 rings (SSSR count). The number of halogens is 4. The van der Waals surface area contributed by atoms with E-state index in [4.69, 9.17) is 20.8 Å². The quantitative estimate of drug-likeness (QED) is 0.446. The number of alkyl halides is 3. The molecule has 0 saturated carbocycles. The zero-order valence-corrected chi connectivity index (χ0v) is 16.4. The second-order valence-electron chi connectivity index (χ2n) is 6.17. The number of hydrogen-bond acceptors (Lipinski definition) is 6. The van der Waals surface area contributed by atoms with E-state index in [0.717, 1.165) is 12.1 Å². The highest BCUT2D eigenvalue weighted by Gasteiger charge is 2.32. The molecular weight excluding hydrogens is 441 g/mol. The molecule has 12 heteroatoms. The van der Waals surface area contributed by atoms with Crippen molar-refractivity contribution in [1.82, 2.24) is 14.6 Å². The lowest BCUT2D eigenvalue weighted by Gasteiger charge is -2.10. The third kappa shape index (κ3) is 4.56. The number of carbonyl (C=O) groups is 1. The smallest absolute Gasteiger partial charge is 0.423 e. The van der Waals surface area contributed by atoms with Crippen LogP contribution in [0.15, 0.2) is 52.9 Å². The number of carbonyl (C=O) groups excluding carboxylic acids is 1. The Balaban J connectivity index is 1.52. The van der Waals surface area contributed by atoms with Crippen molar-refractivity contribution in [3.8, 4) is 17.5 Å². The third-order valence-corrected chi connectivity index (χ3v) is 4.27. The first-order valence-corrected chi connectivity index (χ1v) is 9.03. The summed E-state index contributed by atoms with van der Waals surface area (Å²) < 4.78 is 52.9. The highest BCUT2D eigenvalue weighted by atomic mass is 35.5. The summed E-state index contributed by atoms with van der Waals surface area (Å²) in [6.45, 7) is 1.61. The van der Waals surface area contributed by atoms with Crippen LogP contribution in [0.25, 0.3) is 5.84 Å². The molecule has 1 N–H and O–H groups in total. The molecule has 0 bridgehead atoms. The summed E-state index contributed by atoms with van der Waals surface area (Å²) in [6, 6.07) is 12.0. The largest absolute Gasteiger partial charge is 0.573 e. The number of oxazole rings is 1. The van der Waals surface area contributed by atoms with Crippen LogP contribution in [0.1, 0.15) is 16.2 Å². The number of aromatic nitrogens is 3. The first kappa shape index (κ1) is 20.5. The lowest BCUT2D eigenvalue weighted by Crippen LogP contribution is -2.17. The number of para-hydroxylation sites is 1. The van der Waals surface area contributed by atoms with Gasteiger partial charge < -0.3 is 19.2 Å². The molecule has 1 amide bonds. The minimum Gasteiger partial charge on any atom is -0.423 e. The molecule has 0 fully saturated rings. The molecule has 0 saturated heterocycles. The van der Waals surface area contributed by atoms with Crippen LogP contribution in [0.3, 0.4) is 0 Å². The van der Waals surface area contributed by atoms with Crippen molar-refractivity contribution in [2.45, 2.75) is 13.3 Å². The molecule has 2 aromatic carbocycles. The normalized spacial score (nSPS) is 11.5. The van der Waals surface area contributed by atoms with Crippen molar-refractivity contribution in [2.24, 2.45) is 0 Å². The van der Waals surface area contributed by atoms with Crippen molar-refractivity contribution in [3.05, 3.63) is 65.0 Å². The Labute approximate surface area is 177 Å². The predicted octanol–water partition coefficient (Wildman–Crippen LogP) is 5.23. The summed E-state index contributed by atoms with van der Waals surface area (Å²) in [5.41, 5.74) is 0.963. The maximum absolute atomic E-state index is 12.4. The average Bonchev–Trinajstić information content (AvgIpc) is 3.22. The van der Waals surface area contributed by atoms with Gasteiger partial charge in [0, 0.05) is 11.8 Å². The maximum Gasteiger partial charge on any atom is 0.573 e. The molecule has 4 aromatic rings. The predicted molar refractivity (Wildman–Crippen MR) is 103 cm³/mol. The Morgan fingerprint density at radius 1 is 1.19 bits per heavy atom. The van der Waals surface area contributed by atoms with Gasteiger partial charge >= 0.3 is 18.2 Å². The minimum absolute atomic E-state index is 0.00571. The van der Waals surface area contributed by atoms with E-state index in [2.05, 4.69) is 20.1 Å². The summed E-state index contributed by atoms with van der Waals surface area (Å²) in [6.07, 6.45) is -4.87. The van der Waals surface area contributed by atoms with Gasteiger partial charge in [-0.05, 0) is 31.2 Å². The van der Waals surface area contributed by atoms with Gasteiger partial charge in [-0.1, -0.05) is 29.8 Å². The van der Waals surface area contributed by atoms with Gasteiger partial charge in [0.2, 0.25) is 5.76 Å². The molecule has 8 nitrogen and oxygen atoms in total. The molecule has 160 valence electrons. The second kappa shape index (κ2) is 7.84. The Kier molecular flexibility index (Phi) is 5.19. The van der Waals surface area contributed by atoms with E-state index in [9.17, 15) is 18.0 Å². The molecule has 0 spiro atoms. The van der Waals surface area contributed by atoms with Crippen LogP contribution in [0.4, 0.5) is 18.9 Å². The molecule has 2 heterocycles. The molecule has 0 aliphatic rings. The molecule has 0 radical (unpaired) electrons. The standard InChI is InChI=1S/C19H12ClF3N4O4/c1-10-15(16(28)24-11-5-3-2-4-6-11)30-18-25-17(26-27(10)18)29-12-7-8-14(13(20)9-12)31-19(21,22)23/h2-9H,1H3,(H,24,28). The van der Waals surface area contributed by atoms with Crippen LogP contribution in [-0.4, -0.2) is 26.9 Å². The lowest BCUT2D eigenvalue weighted by molar-refractivity contribution is -0.274. The molecule has 2 aromatic heterocycles. The Hall–Kier alpha value is -3.73. The fourth-order valence-corrected chi connectivity index (χ4v) is 2.86. The lowest BCUT2D eigenvalue weighted by atomic mass is 10.3. The maximum atomic E-state index is 12.4. The number of nitrogens with zero attached hydrogens (tertiary/aromatic N) is 3. The van der Waals surface area contributed by atoms with E-state index in [1.54, 1.807) is 31.2 Å². The van der Waals surface area contributed by atoms with Crippen LogP contribution < -0.4 is 14.8 Å². The van der Waals surface area contributed by atoms with Crippen LogP contribution in [0.2, 0.25) is 5.02 Å². The number of ether oxygens (including phenoxy) is 2. The topological polar surface area (TPSA) is 90.9 Å². The monoisotopic (exact) mass is 452 g/mol. The van der Waals surface area contributed by atoms with Crippen molar-refractivity contribution in [2.75, 3.05) is 5.32 Å². The Morgan fingerprint density at radius 3 is 2.58 bits per heavy atom.